The van der Waals surface area contributed by atoms with E-state index in [9.17, 15) is 9.59 Å². The monoisotopic (exact) mass is 425 g/mol. The number of nitrogens with one attached hydrogen (secondary N) is 1. The van der Waals surface area contributed by atoms with Crippen molar-refractivity contribution >= 4 is 17.5 Å². The van der Waals surface area contributed by atoms with Crippen LogP contribution in [0.25, 0.3) is 0 Å². The van der Waals surface area contributed by atoms with Crippen molar-refractivity contribution in [1.29, 1.82) is 0 Å². The number of para-hydroxylation sites is 2. The summed E-state index contributed by atoms with van der Waals surface area (Å²) in [5.41, 5.74) is 0.680. The first-order valence-electron chi connectivity index (χ1n) is 11.0. The number of rotatable bonds is 3. The summed E-state index contributed by atoms with van der Waals surface area (Å²) in [5.74, 6) is 1.39. The number of likely N-dealkylation sites (N-methyl/N-ethyl adjacent to an activating group) is 1. The summed E-state index contributed by atoms with van der Waals surface area (Å²) >= 11 is 0. The topological polar surface area (TPSA) is 98.6 Å². The van der Waals surface area contributed by atoms with E-state index in [1.54, 1.807) is 7.05 Å². The third-order valence-corrected chi connectivity index (χ3v) is 6.50. The Balaban J connectivity index is 1.32. The van der Waals surface area contributed by atoms with Gasteiger partial charge in [0, 0.05) is 26.7 Å². The molecule has 9 heteroatoms. The van der Waals surface area contributed by atoms with E-state index in [0.717, 1.165) is 51.1 Å². The highest BCUT2D eigenvalue weighted by Gasteiger charge is 2.34. The number of benzene rings is 1. The Hall–Kier alpha value is -2.94. The minimum absolute atomic E-state index is 0.0597. The number of fused-ring (bicyclic) bond motifs is 2. The summed E-state index contributed by atoms with van der Waals surface area (Å²) in [6, 6.07) is 6.77. The van der Waals surface area contributed by atoms with E-state index in [4.69, 9.17) is 9.47 Å². The van der Waals surface area contributed by atoms with Crippen LogP contribution in [0.4, 0.5) is 5.69 Å². The number of hydrogen-bond acceptors (Lipinski definition) is 6. The lowest BCUT2D eigenvalue weighted by atomic mass is 9.87. The number of ether oxygens (including phenoxy) is 2. The fourth-order valence-corrected chi connectivity index (χ4v) is 4.79. The lowest BCUT2D eigenvalue weighted by molar-refractivity contribution is -0.120. The SMILES string of the molecule is CN1C(=O)C(NC(=O)c2nc3n(n2)C(C2CCOCC2)CCC3)COc2ccccc21. The molecule has 2 amide bonds. The van der Waals surface area contributed by atoms with Crippen LogP contribution < -0.4 is 15.0 Å². The van der Waals surface area contributed by atoms with E-state index in [1.807, 2.05) is 28.9 Å². The molecule has 1 aromatic heterocycles. The number of amides is 2. The standard InChI is InChI=1S/C22H27N5O4/c1-26-17-5-2-3-7-18(17)31-13-15(22(26)29)23-21(28)20-24-19-8-4-6-16(27(19)25-20)14-9-11-30-12-10-14/h2-3,5,7,14-16H,4,6,8-13H2,1H3,(H,23,28). The molecule has 164 valence electrons. The van der Waals surface area contributed by atoms with Gasteiger partial charge in [-0.25, -0.2) is 9.67 Å². The van der Waals surface area contributed by atoms with Gasteiger partial charge in [0.15, 0.2) is 0 Å². The first-order valence-corrected chi connectivity index (χ1v) is 11.0. The number of carbonyl (C=O) groups is 2. The second kappa shape index (κ2) is 8.30. The average molecular weight is 425 g/mol. The number of carbonyl (C=O) groups excluding carboxylic acids is 2. The Morgan fingerprint density at radius 3 is 2.84 bits per heavy atom. The zero-order valence-electron chi connectivity index (χ0n) is 17.6. The normalized spacial score (nSPS) is 24.0. The summed E-state index contributed by atoms with van der Waals surface area (Å²) < 4.78 is 13.2. The van der Waals surface area contributed by atoms with Crippen LogP contribution in [0.3, 0.4) is 0 Å². The van der Waals surface area contributed by atoms with Gasteiger partial charge in [-0.3, -0.25) is 9.59 Å². The lowest BCUT2D eigenvalue weighted by Gasteiger charge is -2.33. The van der Waals surface area contributed by atoms with E-state index in [0.29, 0.717) is 17.4 Å². The molecule has 31 heavy (non-hydrogen) atoms. The van der Waals surface area contributed by atoms with E-state index in [1.165, 1.54) is 4.90 Å². The fourth-order valence-electron chi connectivity index (χ4n) is 4.79. The molecular weight excluding hydrogens is 398 g/mol. The molecule has 2 unspecified atom stereocenters. The van der Waals surface area contributed by atoms with Crippen LogP contribution in [0, 0.1) is 5.92 Å². The molecule has 1 aromatic carbocycles. The van der Waals surface area contributed by atoms with Crippen molar-refractivity contribution in [3.8, 4) is 5.75 Å². The smallest absolute Gasteiger partial charge is 0.291 e. The summed E-state index contributed by atoms with van der Waals surface area (Å²) in [4.78, 5) is 31.9. The Labute approximate surface area is 180 Å². The van der Waals surface area contributed by atoms with Crippen molar-refractivity contribution in [1.82, 2.24) is 20.1 Å². The summed E-state index contributed by atoms with van der Waals surface area (Å²) in [7, 11) is 1.68. The molecule has 0 radical (unpaired) electrons. The van der Waals surface area contributed by atoms with Gasteiger partial charge in [0.05, 0.1) is 11.7 Å². The number of aromatic nitrogens is 3. The van der Waals surface area contributed by atoms with Crippen LogP contribution in [-0.2, 0) is 16.0 Å². The second-order valence-corrected chi connectivity index (χ2v) is 8.41. The molecule has 0 aliphatic carbocycles. The highest BCUT2D eigenvalue weighted by atomic mass is 16.5. The summed E-state index contributed by atoms with van der Waals surface area (Å²) in [6.07, 6.45) is 4.90. The molecule has 0 saturated carbocycles. The third kappa shape index (κ3) is 3.78. The average Bonchev–Trinajstić information content (AvgIpc) is 3.22. The van der Waals surface area contributed by atoms with E-state index in [2.05, 4.69) is 15.4 Å². The maximum atomic E-state index is 13.0. The molecule has 9 nitrogen and oxygen atoms in total. The molecule has 5 rings (SSSR count). The van der Waals surface area contributed by atoms with Crippen molar-refractivity contribution in [3.05, 3.63) is 35.9 Å². The number of anilines is 1. The van der Waals surface area contributed by atoms with Crippen molar-refractivity contribution in [2.24, 2.45) is 5.92 Å². The molecule has 2 aromatic rings. The van der Waals surface area contributed by atoms with Gasteiger partial charge < -0.3 is 19.7 Å². The lowest BCUT2D eigenvalue weighted by Crippen LogP contribution is -2.49. The largest absolute Gasteiger partial charge is 0.489 e. The maximum Gasteiger partial charge on any atom is 0.291 e. The molecule has 2 atom stereocenters. The van der Waals surface area contributed by atoms with Gasteiger partial charge in [0.1, 0.15) is 24.2 Å². The molecule has 1 N–H and O–H groups in total. The van der Waals surface area contributed by atoms with Gasteiger partial charge >= 0.3 is 0 Å². The predicted molar refractivity (Wildman–Crippen MR) is 112 cm³/mol. The molecule has 4 heterocycles. The maximum absolute atomic E-state index is 13.0. The summed E-state index contributed by atoms with van der Waals surface area (Å²) in [6.45, 7) is 1.61. The molecule has 0 bridgehead atoms. The minimum atomic E-state index is -0.809. The van der Waals surface area contributed by atoms with Gasteiger partial charge in [-0.2, -0.15) is 0 Å². The van der Waals surface area contributed by atoms with Crippen LogP contribution in [0.1, 0.15) is 48.2 Å². The third-order valence-electron chi connectivity index (χ3n) is 6.50. The summed E-state index contributed by atoms with van der Waals surface area (Å²) in [5, 5.41) is 7.35. The fraction of sp³-hybridized carbons (Fsp3) is 0.545. The van der Waals surface area contributed by atoms with Gasteiger partial charge in [-0.15, -0.1) is 5.10 Å². The zero-order chi connectivity index (χ0) is 21.4. The molecule has 1 saturated heterocycles. The second-order valence-electron chi connectivity index (χ2n) is 8.41. The van der Waals surface area contributed by atoms with Gasteiger partial charge in [0.25, 0.3) is 11.8 Å². The van der Waals surface area contributed by atoms with Crippen molar-refractivity contribution in [2.75, 3.05) is 31.8 Å². The minimum Gasteiger partial charge on any atom is -0.489 e. The van der Waals surface area contributed by atoms with Gasteiger partial charge in [0.2, 0.25) is 5.82 Å². The highest BCUT2D eigenvalue weighted by Crippen LogP contribution is 2.35. The van der Waals surface area contributed by atoms with Gasteiger partial charge in [-0.05, 0) is 43.7 Å². The van der Waals surface area contributed by atoms with E-state index >= 15 is 0 Å². The van der Waals surface area contributed by atoms with E-state index < -0.39 is 11.9 Å². The Kier molecular flexibility index (Phi) is 5.35. The number of nitrogens with zero attached hydrogens (tertiary/aromatic N) is 4. The van der Waals surface area contributed by atoms with E-state index in [-0.39, 0.29) is 24.4 Å². The first-order chi connectivity index (χ1) is 15.1. The van der Waals surface area contributed by atoms with Crippen LogP contribution >= 0.6 is 0 Å². The zero-order valence-corrected chi connectivity index (χ0v) is 17.6. The molecule has 3 aliphatic rings. The van der Waals surface area contributed by atoms with Crippen LogP contribution in [0.2, 0.25) is 0 Å². The van der Waals surface area contributed by atoms with Crippen LogP contribution in [0.15, 0.2) is 24.3 Å². The number of aryl methyl sites for hydroxylation is 1. The molecule has 0 spiro atoms. The quantitative estimate of drug-likeness (QED) is 0.804. The highest BCUT2D eigenvalue weighted by molar-refractivity contribution is 6.02. The van der Waals surface area contributed by atoms with Crippen LogP contribution in [0.5, 0.6) is 5.75 Å². The molecule has 3 aliphatic heterocycles. The van der Waals surface area contributed by atoms with Crippen molar-refractivity contribution < 1.29 is 19.1 Å². The van der Waals surface area contributed by atoms with Crippen LogP contribution in [-0.4, -0.2) is 59.5 Å². The molecule has 1 fully saturated rings. The predicted octanol–water partition coefficient (Wildman–Crippen LogP) is 1.74. The Bertz CT molecular complexity index is 984. The number of hydrogen-bond donors (Lipinski definition) is 1. The van der Waals surface area contributed by atoms with Gasteiger partial charge in [-0.1, -0.05) is 12.1 Å². The Morgan fingerprint density at radius 2 is 2.00 bits per heavy atom. The first kappa shape index (κ1) is 20.0. The van der Waals surface area contributed by atoms with Crippen molar-refractivity contribution in [3.63, 3.8) is 0 Å². The Morgan fingerprint density at radius 1 is 1.19 bits per heavy atom. The molecular formula is C22H27N5O4. The van der Waals surface area contributed by atoms with Crippen molar-refractivity contribution in [2.45, 2.75) is 44.2 Å².